The number of halogens is 2. The maximum Gasteiger partial charge on any atom is 0.354 e. The van der Waals surface area contributed by atoms with E-state index in [1.807, 2.05) is 0 Å². The summed E-state index contributed by atoms with van der Waals surface area (Å²) in [4.78, 5) is 24.2. The summed E-state index contributed by atoms with van der Waals surface area (Å²) in [7, 11) is 1.55. The first-order chi connectivity index (χ1) is 11.8. The zero-order chi connectivity index (χ0) is 18.6. The van der Waals surface area contributed by atoms with Gasteiger partial charge < -0.3 is 19.3 Å². The molecule has 1 heterocycles. The molecule has 0 radical (unpaired) electrons. The van der Waals surface area contributed by atoms with Crippen LogP contribution in [0.15, 0.2) is 36.2 Å². The molecule has 1 aromatic heterocycles. The average molecular weight is 352 g/mol. The molecule has 1 N–H and O–H groups in total. The first-order valence-corrected chi connectivity index (χ1v) is 7.60. The highest BCUT2D eigenvalue weighted by Crippen LogP contribution is 2.20. The minimum atomic E-state index is -1.26. The molecule has 0 saturated heterocycles. The van der Waals surface area contributed by atoms with Gasteiger partial charge in [0.15, 0.2) is 11.6 Å². The molecule has 8 heteroatoms. The van der Waals surface area contributed by atoms with Gasteiger partial charge in [-0.25, -0.2) is 18.4 Å². The summed E-state index contributed by atoms with van der Waals surface area (Å²) in [6.45, 7) is 2.34. The Kier molecular flexibility index (Phi) is 5.74. The lowest BCUT2D eigenvalue weighted by Crippen LogP contribution is -2.29. The van der Waals surface area contributed by atoms with Gasteiger partial charge in [-0.2, -0.15) is 0 Å². The van der Waals surface area contributed by atoms with Gasteiger partial charge in [-0.3, -0.25) is 0 Å². The van der Waals surface area contributed by atoms with Crippen molar-refractivity contribution in [2.45, 2.75) is 13.5 Å². The molecule has 0 amide bonds. The van der Waals surface area contributed by atoms with Crippen molar-refractivity contribution in [3.63, 3.8) is 0 Å². The van der Waals surface area contributed by atoms with Crippen LogP contribution in [0.4, 0.5) is 8.78 Å². The predicted octanol–water partition coefficient (Wildman–Crippen LogP) is 2.38. The van der Waals surface area contributed by atoms with Crippen LogP contribution in [0.3, 0.4) is 0 Å². The number of esters is 1. The number of hydrogen-bond donors (Lipinski definition) is 1. The summed E-state index contributed by atoms with van der Waals surface area (Å²) < 4.78 is 33.2. The molecule has 0 fully saturated rings. The Bertz CT molecular complexity index is 829. The van der Waals surface area contributed by atoms with E-state index in [9.17, 15) is 18.4 Å². The maximum absolute atomic E-state index is 13.4. The van der Waals surface area contributed by atoms with E-state index in [4.69, 9.17) is 9.84 Å². The van der Waals surface area contributed by atoms with Crippen LogP contribution in [0.2, 0.25) is 0 Å². The van der Waals surface area contributed by atoms with Gasteiger partial charge in [-0.15, -0.1) is 0 Å². The zero-order valence-corrected chi connectivity index (χ0v) is 13.8. The quantitative estimate of drug-likeness (QED) is 0.612. The lowest BCUT2D eigenvalue weighted by Gasteiger charge is -2.21. The molecule has 25 heavy (non-hydrogen) atoms. The van der Waals surface area contributed by atoms with Gasteiger partial charge in [0.25, 0.3) is 0 Å². The molecule has 0 spiro atoms. The highest BCUT2D eigenvalue weighted by Gasteiger charge is 2.17. The van der Waals surface area contributed by atoms with E-state index in [0.717, 1.165) is 18.2 Å². The van der Waals surface area contributed by atoms with Crippen molar-refractivity contribution < 1.29 is 28.2 Å². The number of likely N-dealkylation sites (N-methyl/N-ethyl adjacent to an activating group) is 1. The largest absolute Gasteiger partial charge is 0.478 e. The van der Waals surface area contributed by atoms with E-state index in [2.05, 4.69) is 0 Å². The van der Waals surface area contributed by atoms with E-state index in [1.54, 1.807) is 30.8 Å². The van der Waals surface area contributed by atoms with Crippen LogP contribution in [0.1, 0.15) is 6.92 Å². The minimum absolute atomic E-state index is 0.0944. The van der Waals surface area contributed by atoms with Crippen molar-refractivity contribution in [3.8, 4) is 0 Å². The molecule has 2 rings (SSSR count). The summed E-state index contributed by atoms with van der Waals surface area (Å²) in [5.74, 6) is -3.87. The summed E-state index contributed by atoms with van der Waals surface area (Å²) in [6, 6.07) is 3.86. The SMILES string of the molecule is CCOC(=O)/C(=C/C(=O)O)N(C)CCn1ccc2cc(F)c(F)cc21. The van der Waals surface area contributed by atoms with Gasteiger partial charge in [-0.05, 0) is 19.1 Å². The number of carbonyl (C=O) groups excluding carboxylic acids is 1. The lowest BCUT2D eigenvalue weighted by atomic mass is 10.2. The fourth-order valence-electron chi connectivity index (χ4n) is 2.40. The van der Waals surface area contributed by atoms with Crippen LogP contribution < -0.4 is 0 Å². The molecule has 0 saturated carbocycles. The minimum Gasteiger partial charge on any atom is -0.478 e. The van der Waals surface area contributed by atoms with Gasteiger partial charge in [0, 0.05) is 37.8 Å². The maximum atomic E-state index is 13.4. The Morgan fingerprint density at radius 2 is 2.00 bits per heavy atom. The molecule has 1 aromatic carbocycles. The molecule has 0 aliphatic heterocycles. The number of ether oxygens (including phenoxy) is 1. The van der Waals surface area contributed by atoms with E-state index in [0.29, 0.717) is 17.4 Å². The van der Waals surface area contributed by atoms with Crippen LogP contribution in [0.25, 0.3) is 10.9 Å². The van der Waals surface area contributed by atoms with Crippen LogP contribution in [-0.2, 0) is 20.9 Å². The predicted molar refractivity (Wildman–Crippen MR) is 86.8 cm³/mol. The van der Waals surface area contributed by atoms with Gasteiger partial charge in [-0.1, -0.05) is 0 Å². The molecule has 0 aliphatic carbocycles. The molecular formula is C17H18F2N2O4. The van der Waals surface area contributed by atoms with Gasteiger partial charge in [0.05, 0.1) is 18.2 Å². The number of carbonyl (C=O) groups is 2. The second-order valence-corrected chi connectivity index (χ2v) is 5.34. The summed E-state index contributed by atoms with van der Waals surface area (Å²) in [6.07, 6.45) is 2.45. The third kappa shape index (κ3) is 4.34. The van der Waals surface area contributed by atoms with Gasteiger partial charge in [0.1, 0.15) is 5.70 Å². The molecule has 134 valence electrons. The van der Waals surface area contributed by atoms with Crippen LogP contribution in [0.5, 0.6) is 0 Å². The fraction of sp³-hybridized carbons (Fsp3) is 0.294. The Morgan fingerprint density at radius 3 is 2.64 bits per heavy atom. The van der Waals surface area contributed by atoms with E-state index >= 15 is 0 Å². The van der Waals surface area contributed by atoms with Crippen molar-refractivity contribution in [2.24, 2.45) is 0 Å². The van der Waals surface area contributed by atoms with Crippen molar-refractivity contribution in [3.05, 3.63) is 47.8 Å². The molecule has 6 nitrogen and oxygen atoms in total. The Balaban J connectivity index is 2.17. The van der Waals surface area contributed by atoms with E-state index in [-0.39, 0.29) is 18.8 Å². The van der Waals surface area contributed by atoms with Crippen LogP contribution in [-0.4, -0.2) is 46.7 Å². The molecule has 0 aliphatic rings. The number of hydrogen-bond acceptors (Lipinski definition) is 4. The second-order valence-electron chi connectivity index (χ2n) is 5.34. The molecule has 0 atom stereocenters. The van der Waals surface area contributed by atoms with Crippen molar-refractivity contribution in [1.82, 2.24) is 9.47 Å². The summed E-state index contributed by atoms with van der Waals surface area (Å²) in [5, 5.41) is 9.46. The summed E-state index contributed by atoms with van der Waals surface area (Å²) >= 11 is 0. The van der Waals surface area contributed by atoms with E-state index in [1.165, 1.54) is 4.90 Å². The Labute approximate surface area is 142 Å². The number of nitrogens with zero attached hydrogens (tertiary/aromatic N) is 2. The smallest absolute Gasteiger partial charge is 0.354 e. The first-order valence-electron chi connectivity index (χ1n) is 7.60. The van der Waals surface area contributed by atoms with Crippen LogP contribution >= 0.6 is 0 Å². The normalized spacial score (nSPS) is 11.6. The second kappa shape index (κ2) is 7.78. The third-order valence-corrected chi connectivity index (χ3v) is 3.65. The average Bonchev–Trinajstić information content (AvgIpc) is 2.92. The first kappa shape index (κ1) is 18.4. The number of aliphatic carboxylic acids is 1. The number of benzene rings is 1. The molecule has 2 aromatic rings. The fourth-order valence-corrected chi connectivity index (χ4v) is 2.40. The molecule has 0 unspecified atom stereocenters. The van der Waals surface area contributed by atoms with Gasteiger partial charge >= 0.3 is 11.9 Å². The van der Waals surface area contributed by atoms with Crippen molar-refractivity contribution >= 4 is 22.8 Å². The topological polar surface area (TPSA) is 71.8 Å². The Morgan fingerprint density at radius 1 is 1.32 bits per heavy atom. The van der Waals surface area contributed by atoms with E-state index < -0.39 is 23.6 Å². The number of rotatable bonds is 7. The number of carboxylic acids is 1. The molecule has 0 bridgehead atoms. The number of aromatic nitrogens is 1. The number of carboxylic acid groups (broad SMARTS) is 1. The number of fused-ring (bicyclic) bond motifs is 1. The van der Waals surface area contributed by atoms with Gasteiger partial charge in [0.2, 0.25) is 0 Å². The highest BCUT2D eigenvalue weighted by molar-refractivity contribution is 5.95. The monoisotopic (exact) mass is 352 g/mol. The Hall–Kier alpha value is -2.90. The van der Waals surface area contributed by atoms with Crippen molar-refractivity contribution in [1.29, 1.82) is 0 Å². The molecular weight excluding hydrogens is 334 g/mol. The lowest BCUT2D eigenvalue weighted by molar-refractivity contribution is -0.141. The zero-order valence-electron chi connectivity index (χ0n) is 13.8. The van der Waals surface area contributed by atoms with Crippen molar-refractivity contribution in [2.75, 3.05) is 20.2 Å². The highest BCUT2D eigenvalue weighted by atomic mass is 19.2. The standard InChI is InChI=1S/C17H18F2N2O4/c1-3-25-17(24)15(10-16(22)23)20(2)6-7-21-5-4-11-8-12(18)13(19)9-14(11)21/h4-5,8-10H,3,6-7H2,1-2H3,(H,22,23)/b15-10-. The summed E-state index contributed by atoms with van der Waals surface area (Å²) in [5.41, 5.74) is 0.412. The van der Waals surface area contributed by atoms with Crippen LogP contribution in [0, 0.1) is 11.6 Å². The third-order valence-electron chi connectivity index (χ3n) is 3.65.